The Morgan fingerprint density at radius 3 is 1.12 bits per heavy atom. The van der Waals surface area contributed by atoms with Crippen LogP contribution in [0.4, 0.5) is 0 Å². The maximum absolute atomic E-state index is 13.1. The first-order valence-electron chi connectivity index (χ1n) is 40.9. The Bertz CT molecular complexity index is 1700. The zero-order valence-corrected chi connectivity index (χ0v) is 61.7. The molecule has 94 heavy (non-hydrogen) atoms. The van der Waals surface area contributed by atoms with Gasteiger partial charge in [0, 0.05) is 12.8 Å². The number of amides is 1. The summed E-state index contributed by atoms with van der Waals surface area (Å²) in [5.74, 6) is -0.173. The van der Waals surface area contributed by atoms with Crippen LogP contribution in [0.25, 0.3) is 0 Å². The van der Waals surface area contributed by atoms with Gasteiger partial charge in [-0.05, 0) is 83.5 Å². The monoisotopic (exact) mass is 1330 g/mol. The van der Waals surface area contributed by atoms with E-state index < -0.39 is 49.5 Å². The van der Waals surface area contributed by atoms with Gasteiger partial charge in [0.1, 0.15) is 24.4 Å². The number of hydrogen-bond acceptors (Lipinski definition) is 10. The Labute approximate surface area is 580 Å². The van der Waals surface area contributed by atoms with Gasteiger partial charge < -0.3 is 45.1 Å². The van der Waals surface area contributed by atoms with Crippen molar-refractivity contribution in [3.8, 4) is 0 Å². The highest BCUT2D eigenvalue weighted by Gasteiger charge is 2.44. The molecule has 1 aliphatic rings. The van der Waals surface area contributed by atoms with Gasteiger partial charge in [0.2, 0.25) is 5.91 Å². The van der Waals surface area contributed by atoms with Crippen LogP contribution < -0.4 is 5.32 Å². The van der Waals surface area contributed by atoms with Crippen LogP contribution in [0.2, 0.25) is 0 Å². The van der Waals surface area contributed by atoms with Crippen molar-refractivity contribution in [3.63, 3.8) is 0 Å². The molecule has 1 heterocycles. The molecule has 1 saturated heterocycles. The number of unbranched alkanes of at least 4 members (excludes halogenated alkanes) is 53. The summed E-state index contributed by atoms with van der Waals surface area (Å²) in [5, 5.41) is 54.6. The van der Waals surface area contributed by atoms with Gasteiger partial charge in [-0.2, -0.15) is 0 Å². The molecule has 11 heteroatoms. The quantitative estimate of drug-likeness (QED) is 0.0195. The number of carbonyl (C=O) groups excluding carboxylic acids is 2. The van der Waals surface area contributed by atoms with Crippen LogP contribution in [0.3, 0.4) is 0 Å². The van der Waals surface area contributed by atoms with E-state index in [0.717, 1.165) is 64.2 Å². The Morgan fingerprint density at radius 1 is 0.394 bits per heavy atom. The van der Waals surface area contributed by atoms with Gasteiger partial charge in [-0.15, -0.1) is 0 Å². The summed E-state index contributed by atoms with van der Waals surface area (Å²) >= 11 is 0. The molecular formula is C83H155NO10. The second-order valence-corrected chi connectivity index (χ2v) is 28.5. The maximum Gasteiger partial charge on any atom is 0.305 e. The highest BCUT2D eigenvalue weighted by atomic mass is 16.7. The summed E-state index contributed by atoms with van der Waals surface area (Å²) in [6.45, 7) is 4.35. The van der Waals surface area contributed by atoms with E-state index in [0.29, 0.717) is 19.4 Å². The minimum absolute atomic E-state index is 0.00239. The van der Waals surface area contributed by atoms with E-state index in [1.165, 1.54) is 315 Å². The van der Waals surface area contributed by atoms with Crippen molar-refractivity contribution in [2.75, 3.05) is 19.8 Å². The van der Waals surface area contributed by atoms with E-state index in [-0.39, 0.29) is 18.5 Å². The molecule has 1 rings (SSSR count). The maximum atomic E-state index is 13.1. The van der Waals surface area contributed by atoms with Crippen molar-refractivity contribution in [1.82, 2.24) is 5.32 Å². The SMILES string of the molecule is CCCC/C=C\C/C=C\CCCCCCCC(=O)OCCCCCCCCCCCCCCCCCCCC/C=C\CCCCCCCCCCCCCCCCCCCC(=O)NC(COC1OC(CO)C(O)C(O)C1O)C(O)/C=C/CCCCCCCCCCCCC. The fourth-order valence-electron chi connectivity index (χ4n) is 13.0. The van der Waals surface area contributed by atoms with E-state index in [2.05, 4.69) is 55.6 Å². The van der Waals surface area contributed by atoms with Gasteiger partial charge in [-0.3, -0.25) is 9.59 Å². The number of carbonyl (C=O) groups is 2. The average molecular weight is 1330 g/mol. The fourth-order valence-corrected chi connectivity index (χ4v) is 13.0. The van der Waals surface area contributed by atoms with Gasteiger partial charge in [0.15, 0.2) is 6.29 Å². The van der Waals surface area contributed by atoms with E-state index in [4.69, 9.17) is 14.2 Å². The van der Waals surface area contributed by atoms with Gasteiger partial charge in [0.05, 0.1) is 32.0 Å². The summed E-state index contributed by atoms with van der Waals surface area (Å²) in [7, 11) is 0. The number of allylic oxidation sites excluding steroid dienone is 7. The van der Waals surface area contributed by atoms with E-state index in [9.17, 15) is 35.1 Å². The number of ether oxygens (including phenoxy) is 3. The van der Waals surface area contributed by atoms with Crippen molar-refractivity contribution in [2.45, 2.75) is 448 Å². The Kier molecular flexibility index (Phi) is 68.5. The third-order valence-corrected chi connectivity index (χ3v) is 19.4. The number of hydrogen-bond donors (Lipinski definition) is 6. The Balaban J connectivity index is 1.89. The second kappa shape index (κ2) is 71.9. The molecule has 7 unspecified atom stereocenters. The molecule has 0 radical (unpaired) electrons. The molecular weight excluding hydrogens is 1170 g/mol. The predicted molar refractivity (Wildman–Crippen MR) is 398 cm³/mol. The molecule has 1 aliphatic heterocycles. The van der Waals surface area contributed by atoms with Crippen molar-refractivity contribution < 1.29 is 49.3 Å². The number of nitrogens with one attached hydrogen (secondary N) is 1. The summed E-state index contributed by atoms with van der Waals surface area (Å²) < 4.78 is 16.8. The third kappa shape index (κ3) is 59.7. The first kappa shape index (κ1) is 89.6. The summed E-state index contributed by atoms with van der Waals surface area (Å²) in [6.07, 6.45) is 85.8. The van der Waals surface area contributed by atoms with Crippen LogP contribution >= 0.6 is 0 Å². The molecule has 7 atom stereocenters. The Morgan fingerprint density at radius 2 is 0.723 bits per heavy atom. The van der Waals surface area contributed by atoms with Crippen LogP contribution in [0, 0.1) is 0 Å². The third-order valence-electron chi connectivity index (χ3n) is 19.4. The van der Waals surface area contributed by atoms with Crippen LogP contribution in [-0.2, 0) is 23.8 Å². The normalized spacial score (nSPS) is 17.6. The zero-order valence-electron chi connectivity index (χ0n) is 61.7. The number of aliphatic hydroxyl groups is 5. The lowest BCUT2D eigenvalue weighted by atomic mass is 9.99. The van der Waals surface area contributed by atoms with Crippen molar-refractivity contribution in [3.05, 3.63) is 48.6 Å². The number of rotatable bonds is 73. The van der Waals surface area contributed by atoms with Crippen LogP contribution in [-0.4, -0.2) is 100 Å². The Hall–Kier alpha value is -2.38. The van der Waals surface area contributed by atoms with Gasteiger partial charge in [-0.25, -0.2) is 0 Å². The molecule has 552 valence electrons. The molecule has 1 amide bonds. The molecule has 0 aliphatic carbocycles. The van der Waals surface area contributed by atoms with Gasteiger partial charge in [-0.1, -0.05) is 358 Å². The van der Waals surface area contributed by atoms with Crippen LogP contribution in [0.5, 0.6) is 0 Å². The lowest BCUT2D eigenvalue weighted by Gasteiger charge is -2.40. The zero-order chi connectivity index (χ0) is 67.9. The molecule has 11 nitrogen and oxygen atoms in total. The summed E-state index contributed by atoms with van der Waals surface area (Å²) in [5.41, 5.74) is 0. The lowest BCUT2D eigenvalue weighted by Crippen LogP contribution is -2.60. The molecule has 0 bridgehead atoms. The van der Waals surface area contributed by atoms with Gasteiger partial charge in [0.25, 0.3) is 0 Å². The number of esters is 1. The second-order valence-electron chi connectivity index (χ2n) is 28.5. The fraction of sp³-hybridized carbons (Fsp3) is 0.880. The molecule has 6 N–H and O–H groups in total. The molecule has 0 saturated carbocycles. The smallest absolute Gasteiger partial charge is 0.305 e. The predicted octanol–water partition coefficient (Wildman–Crippen LogP) is 22.3. The molecule has 0 spiro atoms. The summed E-state index contributed by atoms with van der Waals surface area (Å²) in [4.78, 5) is 25.2. The first-order valence-corrected chi connectivity index (χ1v) is 40.9. The van der Waals surface area contributed by atoms with Crippen molar-refractivity contribution >= 4 is 11.9 Å². The standard InChI is InChI=1S/C83H155NO10/c1-3-5-7-9-11-13-15-17-47-51-55-59-63-67-71-79(88)92-72-68-64-60-56-52-48-44-42-40-38-36-34-32-30-28-26-24-22-20-18-19-21-23-25-27-29-31-33-35-37-39-41-43-46-50-54-58-62-66-70-78(87)84-75(74-93-83-82(91)81(90)80(89)77(73-85)94-83)76(86)69-65-61-57-53-49-45-16-14-12-10-8-6-4-2/h9,11,15,17-19,65,69,75-77,80-83,85-86,89-91H,3-8,10,12-14,16,20-64,66-68,70-74H2,1-2H3,(H,84,87)/b11-9-,17-15-,19-18-,69-65+. The topological polar surface area (TPSA) is 175 Å². The van der Waals surface area contributed by atoms with Crippen molar-refractivity contribution in [1.29, 1.82) is 0 Å². The van der Waals surface area contributed by atoms with Gasteiger partial charge >= 0.3 is 5.97 Å². The highest BCUT2D eigenvalue weighted by Crippen LogP contribution is 2.24. The largest absolute Gasteiger partial charge is 0.466 e. The minimum atomic E-state index is -1.57. The van der Waals surface area contributed by atoms with Crippen LogP contribution in [0.1, 0.15) is 406 Å². The first-order chi connectivity index (χ1) is 46.2. The highest BCUT2D eigenvalue weighted by molar-refractivity contribution is 5.76. The van der Waals surface area contributed by atoms with Crippen molar-refractivity contribution in [2.24, 2.45) is 0 Å². The molecule has 0 aromatic rings. The van der Waals surface area contributed by atoms with E-state index >= 15 is 0 Å². The molecule has 0 aromatic carbocycles. The average Bonchev–Trinajstić information content (AvgIpc) is 0.901. The van der Waals surface area contributed by atoms with Crippen LogP contribution in [0.15, 0.2) is 48.6 Å². The van der Waals surface area contributed by atoms with E-state index in [1.807, 2.05) is 6.08 Å². The molecule has 1 fully saturated rings. The summed E-state index contributed by atoms with van der Waals surface area (Å²) in [6, 6.07) is -0.807. The number of aliphatic hydroxyl groups excluding tert-OH is 5. The molecule has 0 aromatic heterocycles. The minimum Gasteiger partial charge on any atom is -0.466 e. The van der Waals surface area contributed by atoms with E-state index in [1.54, 1.807) is 6.08 Å². The lowest BCUT2D eigenvalue weighted by molar-refractivity contribution is -0.302.